The molecule has 2 atom stereocenters. The summed E-state index contributed by atoms with van der Waals surface area (Å²) in [6, 6.07) is 0. The second-order valence-corrected chi connectivity index (χ2v) is 4.43. The van der Waals surface area contributed by atoms with Gasteiger partial charge < -0.3 is 5.32 Å². The largest absolute Gasteiger partial charge is 0.316 e. The van der Waals surface area contributed by atoms with Crippen LogP contribution >= 0.6 is 0 Å². The first-order valence-electron chi connectivity index (χ1n) is 5.07. The molecule has 2 fully saturated rings. The molecule has 64 valence electrons. The van der Waals surface area contributed by atoms with Crippen LogP contribution in [-0.2, 0) is 0 Å². The molecule has 0 amide bonds. The van der Waals surface area contributed by atoms with Gasteiger partial charge >= 0.3 is 0 Å². The van der Waals surface area contributed by atoms with E-state index in [0.29, 0.717) is 0 Å². The van der Waals surface area contributed by atoms with Crippen molar-refractivity contribution in [1.29, 1.82) is 0 Å². The van der Waals surface area contributed by atoms with Crippen LogP contribution in [-0.4, -0.2) is 13.1 Å². The molecule has 0 aromatic rings. The van der Waals surface area contributed by atoms with Gasteiger partial charge in [-0.15, -0.1) is 0 Å². The second-order valence-electron chi connectivity index (χ2n) is 4.43. The van der Waals surface area contributed by atoms with Crippen LogP contribution in [0.5, 0.6) is 0 Å². The molecule has 2 rings (SSSR count). The van der Waals surface area contributed by atoms with E-state index < -0.39 is 0 Å². The van der Waals surface area contributed by atoms with Gasteiger partial charge in [0, 0.05) is 0 Å². The average molecular weight is 153 g/mol. The zero-order valence-electron chi connectivity index (χ0n) is 7.47. The van der Waals surface area contributed by atoms with Crippen LogP contribution in [0.4, 0.5) is 0 Å². The van der Waals surface area contributed by atoms with Gasteiger partial charge in [0.2, 0.25) is 0 Å². The van der Waals surface area contributed by atoms with Crippen LogP contribution in [0.1, 0.15) is 32.6 Å². The van der Waals surface area contributed by atoms with Gasteiger partial charge in [0.15, 0.2) is 0 Å². The standard InChI is InChI=1S/C10H19N/c1-8-6-11-7-10(8)5-9-3-2-4-9/h8-11H,2-7H2,1H3. The van der Waals surface area contributed by atoms with E-state index in [9.17, 15) is 0 Å². The predicted octanol–water partition coefficient (Wildman–Crippen LogP) is 2.03. The van der Waals surface area contributed by atoms with Crippen LogP contribution < -0.4 is 5.32 Å². The zero-order valence-corrected chi connectivity index (χ0v) is 7.47. The maximum Gasteiger partial charge on any atom is -0.00173 e. The maximum atomic E-state index is 3.48. The molecule has 0 radical (unpaired) electrons. The minimum atomic E-state index is 0.940. The number of hydrogen-bond acceptors (Lipinski definition) is 1. The molecule has 1 aliphatic carbocycles. The first-order valence-corrected chi connectivity index (χ1v) is 5.07. The Morgan fingerprint density at radius 3 is 2.55 bits per heavy atom. The van der Waals surface area contributed by atoms with Crippen LogP contribution in [0, 0.1) is 17.8 Å². The van der Waals surface area contributed by atoms with Gasteiger partial charge in [0.25, 0.3) is 0 Å². The van der Waals surface area contributed by atoms with Gasteiger partial charge in [-0.1, -0.05) is 26.2 Å². The lowest BCUT2D eigenvalue weighted by atomic mass is 9.77. The Balaban J connectivity index is 1.75. The smallest absolute Gasteiger partial charge is 0.00173 e. The van der Waals surface area contributed by atoms with Gasteiger partial charge in [-0.3, -0.25) is 0 Å². The summed E-state index contributed by atoms with van der Waals surface area (Å²) < 4.78 is 0. The fraction of sp³-hybridized carbons (Fsp3) is 1.00. The Bertz CT molecular complexity index is 129. The van der Waals surface area contributed by atoms with Crippen LogP contribution in [0.2, 0.25) is 0 Å². The van der Waals surface area contributed by atoms with E-state index in [0.717, 1.165) is 17.8 Å². The third-order valence-electron chi connectivity index (χ3n) is 3.54. The van der Waals surface area contributed by atoms with Crippen LogP contribution in [0.3, 0.4) is 0 Å². The SMILES string of the molecule is CC1CNCC1CC1CCC1. The third kappa shape index (κ3) is 1.58. The quantitative estimate of drug-likeness (QED) is 0.640. The van der Waals surface area contributed by atoms with E-state index in [-0.39, 0.29) is 0 Å². The van der Waals surface area contributed by atoms with Gasteiger partial charge in [0.1, 0.15) is 0 Å². The highest BCUT2D eigenvalue weighted by atomic mass is 14.9. The lowest BCUT2D eigenvalue weighted by Crippen LogP contribution is -2.19. The summed E-state index contributed by atoms with van der Waals surface area (Å²) in [5.41, 5.74) is 0. The molecule has 2 unspecified atom stereocenters. The Hall–Kier alpha value is -0.0400. The van der Waals surface area contributed by atoms with Crippen molar-refractivity contribution in [3.8, 4) is 0 Å². The summed E-state index contributed by atoms with van der Waals surface area (Å²) in [6.45, 7) is 4.94. The molecule has 1 aliphatic heterocycles. The lowest BCUT2D eigenvalue weighted by Gasteiger charge is -2.29. The molecule has 1 heteroatoms. The first kappa shape index (κ1) is 7.60. The lowest BCUT2D eigenvalue weighted by molar-refractivity contribution is 0.236. The molecule has 1 saturated heterocycles. The summed E-state index contributed by atoms with van der Waals surface area (Å²) in [7, 11) is 0. The van der Waals surface area contributed by atoms with Crippen molar-refractivity contribution in [3.63, 3.8) is 0 Å². The Labute approximate surface area is 69.6 Å². The highest BCUT2D eigenvalue weighted by molar-refractivity contribution is 4.82. The van der Waals surface area contributed by atoms with E-state index in [1.54, 1.807) is 0 Å². The number of hydrogen-bond donors (Lipinski definition) is 1. The van der Waals surface area contributed by atoms with Crippen molar-refractivity contribution in [2.75, 3.05) is 13.1 Å². The molecule has 0 aromatic carbocycles. The van der Waals surface area contributed by atoms with E-state index in [4.69, 9.17) is 0 Å². The Morgan fingerprint density at radius 1 is 1.27 bits per heavy atom. The molecule has 2 aliphatic rings. The molecule has 11 heavy (non-hydrogen) atoms. The molecular weight excluding hydrogens is 134 g/mol. The van der Waals surface area contributed by atoms with Crippen LogP contribution in [0.25, 0.3) is 0 Å². The molecule has 0 aromatic heterocycles. The van der Waals surface area contributed by atoms with Crippen molar-refractivity contribution in [1.82, 2.24) is 5.32 Å². The van der Waals surface area contributed by atoms with E-state index in [1.165, 1.54) is 38.8 Å². The van der Waals surface area contributed by atoms with Crippen molar-refractivity contribution >= 4 is 0 Å². The van der Waals surface area contributed by atoms with Gasteiger partial charge in [-0.25, -0.2) is 0 Å². The van der Waals surface area contributed by atoms with E-state index in [1.807, 2.05) is 0 Å². The van der Waals surface area contributed by atoms with Crippen LogP contribution in [0.15, 0.2) is 0 Å². The summed E-state index contributed by atoms with van der Waals surface area (Å²) in [6.07, 6.45) is 6.04. The van der Waals surface area contributed by atoms with Crippen molar-refractivity contribution in [2.45, 2.75) is 32.6 Å². The fourth-order valence-corrected chi connectivity index (χ4v) is 2.34. The first-order chi connectivity index (χ1) is 5.36. The summed E-state index contributed by atoms with van der Waals surface area (Å²) in [4.78, 5) is 0. The minimum absolute atomic E-state index is 0.940. The van der Waals surface area contributed by atoms with Gasteiger partial charge in [-0.2, -0.15) is 0 Å². The summed E-state index contributed by atoms with van der Waals surface area (Å²) >= 11 is 0. The molecule has 1 saturated carbocycles. The second kappa shape index (κ2) is 3.14. The maximum absolute atomic E-state index is 3.48. The van der Waals surface area contributed by atoms with Crippen molar-refractivity contribution < 1.29 is 0 Å². The summed E-state index contributed by atoms with van der Waals surface area (Å²) in [5.74, 6) is 3.04. The zero-order chi connectivity index (χ0) is 7.68. The monoisotopic (exact) mass is 153 g/mol. The topological polar surface area (TPSA) is 12.0 Å². The third-order valence-corrected chi connectivity index (χ3v) is 3.54. The average Bonchev–Trinajstić information content (AvgIpc) is 2.27. The van der Waals surface area contributed by atoms with Gasteiger partial charge in [-0.05, 0) is 37.3 Å². The highest BCUT2D eigenvalue weighted by Gasteiger charge is 2.28. The molecule has 1 N–H and O–H groups in total. The molecule has 0 bridgehead atoms. The summed E-state index contributed by atoms with van der Waals surface area (Å²) in [5, 5.41) is 3.48. The minimum Gasteiger partial charge on any atom is -0.316 e. The molecule has 1 nitrogen and oxygen atoms in total. The predicted molar refractivity (Wildman–Crippen MR) is 47.5 cm³/mol. The van der Waals surface area contributed by atoms with E-state index in [2.05, 4.69) is 12.2 Å². The van der Waals surface area contributed by atoms with Gasteiger partial charge in [0.05, 0.1) is 0 Å². The normalized spacial score (nSPS) is 39.0. The molecule has 0 spiro atoms. The number of nitrogens with one attached hydrogen (secondary N) is 1. The fourth-order valence-electron chi connectivity index (χ4n) is 2.34. The Morgan fingerprint density at radius 2 is 2.09 bits per heavy atom. The Kier molecular flexibility index (Phi) is 2.17. The highest BCUT2D eigenvalue weighted by Crippen LogP contribution is 2.35. The molecule has 1 heterocycles. The molecular formula is C10H19N. The van der Waals surface area contributed by atoms with Crippen molar-refractivity contribution in [2.24, 2.45) is 17.8 Å². The van der Waals surface area contributed by atoms with E-state index >= 15 is 0 Å². The van der Waals surface area contributed by atoms with Crippen molar-refractivity contribution in [3.05, 3.63) is 0 Å². The number of rotatable bonds is 2.